The first-order valence-corrected chi connectivity index (χ1v) is 10.9. The average Bonchev–Trinajstić information content (AvgIpc) is 3.20. The fourth-order valence-corrected chi connectivity index (χ4v) is 4.27. The highest BCUT2D eigenvalue weighted by Gasteiger charge is 2.64. The number of carbonyl (C=O) groups is 1. The third-order valence-electron chi connectivity index (χ3n) is 6.03. The molecule has 2 heterocycles. The lowest BCUT2D eigenvalue weighted by Gasteiger charge is -2.35. The molecule has 1 saturated carbocycles. The summed E-state index contributed by atoms with van der Waals surface area (Å²) < 4.78 is 123. The summed E-state index contributed by atoms with van der Waals surface area (Å²) in [5.41, 5.74) is -7.53. The predicted octanol–water partition coefficient (Wildman–Crippen LogP) is 6.31. The number of nitrogens with one attached hydrogen (secondary N) is 1. The first-order valence-electron chi connectivity index (χ1n) is 10.5. The van der Waals surface area contributed by atoms with E-state index in [-0.39, 0.29) is 29.1 Å². The van der Waals surface area contributed by atoms with Gasteiger partial charge in [0.15, 0.2) is 0 Å². The molecule has 0 radical (unpaired) electrons. The summed E-state index contributed by atoms with van der Waals surface area (Å²) >= 11 is 5.48. The van der Waals surface area contributed by atoms with Crippen molar-refractivity contribution in [3.05, 3.63) is 63.2 Å². The Hall–Kier alpha value is -3.03. The molecule has 5 nitrogen and oxygen atoms in total. The third-order valence-corrected chi connectivity index (χ3v) is 6.30. The van der Waals surface area contributed by atoms with Crippen molar-refractivity contribution in [3.63, 3.8) is 0 Å². The lowest BCUT2D eigenvalue weighted by atomic mass is 9.86. The molecular formula is C22H15ClF9N3O2. The molecule has 4 rings (SSSR count). The Kier molecular flexibility index (Phi) is 6.41. The lowest BCUT2D eigenvalue weighted by Crippen LogP contribution is -2.50. The van der Waals surface area contributed by atoms with Crippen molar-refractivity contribution in [1.29, 1.82) is 0 Å². The molecule has 1 N–H and O–H groups in total. The van der Waals surface area contributed by atoms with Gasteiger partial charge in [-0.2, -0.15) is 26.3 Å². The SMILES string of the molecule is Cc1nc(C2=NO[C@@](c3cc(C(F)(F)F)cc(Cl)c3F)(C(F)(F)F)C2)ccc1C(=O)NC1CC(F)(F)C1. The summed E-state index contributed by atoms with van der Waals surface area (Å²) in [6.07, 6.45) is -12.9. The van der Waals surface area contributed by atoms with Gasteiger partial charge in [-0.3, -0.25) is 9.78 Å². The van der Waals surface area contributed by atoms with Crippen molar-refractivity contribution in [1.82, 2.24) is 10.3 Å². The molecule has 1 aromatic heterocycles. The van der Waals surface area contributed by atoms with E-state index >= 15 is 0 Å². The largest absolute Gasteiger partial charge is 0.435 e. The summed E-state index contributed by atoms with van der Waals surface area (Å²) in [6.45, 7) is 1.33. The average molecular weight is 560 g/mol. The molecule has 2 aliphatic rings. The molecule has 2 aromatic rings. The van der Waals surface area contributed by atoms with Gasteiger partial charge in [0.05, 0.1) is 34.0 Å². The second kappa shape index (κ2) is 8.77. The number of carbonyl (C=O) groups excluding carboxylic acids is 1. The van der Waals surface area contributed by atoms with E-state index in [0.29, 0.717) is 0 Å². The second-order valence-electron chi connectivity index (χ2n) is 8.71. The molecule has 0 spiro atoms. The van der Waals surface area contributed by atoms with E-state index < -0.39 is 82.8 Å². The number of amides is 1. The fraction of sp³-hybridized carbons (Fsp3) is 0.409. The number of hydrogen-bond donors (Lipinski definition) is 1. The first-order chi connectivity index (χ1) is 16.9. The molecule has 0 saturated heterocycles. The smallest absolute Gasteiger partial charge is 0.374 e. The molecule has 200 valence electrons. The maximum atomic E-state index is 14.7. The van der Waals surface area contributed by atoms with Crippen molar-refractivity contribution < 1.29 is 49.1 Å². The normalized spacial score (nSPS) is 21.8. The maximum Gasteiger partial charge on any atom is 0.435 e. The van der Waals surface area contributed by atoms with Gasteiger partial charge in [-0.05, 0) is 31.2 Å². The highest BCUT2D eigenvalue weighted by atomic mass is 35.5. The van der Waals surface area contributed by atoms with Gasteiger partial charge in [0, 0.05) is 24.4 Å². The van der Waals surface area contributed by atoms with Crippen LogP contribution in [0.15, 0.2) is 29.4 Å². The molecule has 1 aromatic carbocycles. The van der Waals surface area contributed by atoms with Gasteiger partial charge in [-0.1, -0.05) is 16.8 Å². The summed E-state index contributed by atoms with van der Waals surface area (Å²) in [4.78, 5) is 21.0. The van der Waals surface area contributed by atoms with E-state index in [9.17, 15) is 44.3 Å². The minimum atomic E-state index is -5.44. The molecule has 1 amide bonds. The van der Waals surface area contributed by atoms with E-state index in [1.807, 2.05) is 0 Å². The molecule has 1 fully saturated rings. The molecule has 37 heavy (non-hydrogen) atoms. The first kappa shape index (κ1) is 27.0. The predicted molar refractivity (Wildman–Crippen MR) is 111 cm³/mol. The van der Waals surface area contributed by atoms with Gasteiger partial charge in [0.25, 0.3) is 17.4 Å². The van der Waals surface area contributed by atoms with Crippen molar-refractivity contribution in [2.24, 2.45) is 5.16 Å². The number of halogens is 10. The molecule has 1 atom stereocenters. The van der Waals surface area contributed by atoms with Crippen LogP contribution in [-0.2, 0) is 16.6 Å². The summed E-state index contributed by atoms with van der Waals surface area (Å²) in [7, 11) is 0. The van der Waals surface area contributed by atoms with Crippen molar-refractivity contribution in [2.75, 3.05) is 0 Å². The number of aryl methyl sites for hydroxylation is 1. The molecule has 15 heteroatoms. The van der Waals surface area contributed by atoms with Crippen molar-refractivity contribution >= 4 is 23.2 Å². The number of alkyl halides is 8. The zero-order chi connectivity index (χ0) is 27.6. The van der Waals surface area contributed by atoms with Crippen LogP contribution in [0.25, 0.3) is 0 Å². The van der Waals surface area contributed by atoms with E-state index in [0.717, 1.165) is 6.07 Å². The minimum Gasteiger partial charge on any atom is -0.374 e. The minimum absolute atomic E-state index is 0.00147. The Labute approximate surface area is 207 Å². The number of hydrogen-bond acceptors (Lipinski definition) is 4. The number of nitrogens with zero attached hydrogens (tertiary/aromatic N) is 2. The summed E-state index contributed by atoms with van der Waals surface area (Å²) in [6, 6.07) is 1.63. The summed E-state index contributed by atoms with van der Waals surface area (Å²) in [5.74, 6) is -5.36. The van der Waals surface area contributed by atoms with Gasteiger partial charge < -0.3 is 10.2 Å². The Bertz CT molecular complexity index is 1290. The second-order valence-corrected chi connectivity index (χ2v) is 9.12. The van der Waals surface area contributed by atoms with E-state index in [2.05, 4.69) is 20.3 Å². The number of benzene rings is 1. The molecule has 1 aliphatic carbocycles. The van der Waals surface area contributed by atoms with Crippen LogP contribution in [0.4, 0.5) is 39.5 Å². The maximum absolute atomic E-state index is 14.7. The zero-order valence-corrected chi connectivity index (χ0v) is 19.3. The van der Waals surface area contributed by atoms with E-state index in [4.69, 9.17) is 11.6 Å². The van der Waals surface area contributed by atoms with Crippen LogP contribution in [0.1, 0.15) is 52.1 Å². The third kappa shape index (κ3) is 4.94. The van der Waals surface area contributed by atoms with E-state index in [1.54, 1.807) is 0 Å². The van der Waals surface area contributed by atoms with Gasteiger partial charge in [0.1, 0.15) is 11.5 Å². The van der Waals surface area contributed by atoms with Crippen molar-refractivity contribution in [2.45, 2.75) is 56.1 Å². The van der Waals surface area contributed by atoms with Crippen LogP contribution in [0, 0.1) is 12.7 Å². The highest BCUT2D eigenvalue weighted by molar-refractivity contribution is 6.30. The fourth-order valence-electron chi connectivity index (χ4n) is 4.05. The van der Waals surface area contributed by atoms with Crippen LogP contribution in [0.3, 0.4) is 0 Å². The van der Waals surface area contributed by atoms with E-state index in [1.165, 1.54) is 13.0 Å². The van der Waals surface area contributed by atoms with Crippen LogP contribution in [0.5, 0.6) is 0 Å². The Morgan fingerprint density at radius 3 is 2.32 bits per heavy atom. The zero-order valence-electron chi connectivity index (χ0n) is 18.5. The monoisotopic (exact) mass is 559 g/mol. The topological polar surface area (TPSA) is 63.6 Å². The van der Waals surface area contributed by atoms with Crippen LogP contribution in [0.2, 0.25) is 5.02 Å². The van der Waals surface area contributed by atoms with Gasteiger partial charge in [-0.15, -0.1) is 0 Å². The lowest BCUT2D eigenvalue weighted by molar-refractivity contribution is -0.276. The molecular weight excluding hydrogens is 545 g/mol. The highest BCUT2D eigenvalue weighted by Crippen LogP contribution is 2.51. The van der Waals surface area contributed by atoms with Crippen LogP contribution in [-0.4, -0.2) is 34.7 Å². The quantitative estimate of drug-likeness (QED) is 0.447. The van der Waals surface area contributed by atoms with Gasteiger partial charge in [-0.25, -0.2) is 13.2 Å². The van der Waals surface area contributed by atoms with Crippen LogP contribution < -0.4 is 5.32 Å². The number of pyridine rings is 1. The molecule has 0 bridgehead atoms. The number of rotatable bonds is 4. The number of oxime groups is 1. The van der Waals surface area contributed by atoms with Gasteiger partial charge >= 0.3 is 12.4 Å². The Morgan fingerprint density at radius 1 is 1.14 bits per heavy atom. The van der Waals surface area contributed by atoms with Gasteiger partial charge in [0.2, 0.25) is 0 Å². The number of aromatic nitrogens is 1. The molecule has 0 unspecified atom stereocenters. The van der Waals surface area contributed by atoms with Crippen LogP contribution >= 0.6 is 11.6 Å². The molecule has 1 aliphatic heterocycles. The Balaban J connectivity index is 1.63. The summed E-state index contributed by atoms with van der Waals surface area (Å²) in [5, 5.41) is 4.52. The van der Waals surface area contributed by atoms with Crippen molar-refractivity contribution in [3.8, 4) is 0 Å². The Morgan fingerprint density at radius 2 is 1.78 bits per heavy atom. The standard InChI is InChI=1S/C22H15ClF9N3O2/c1-9-12(18(36)34-11-6-19(25,26)7-11)2-3-15(33-9)16-8-20(37-35-16,22(30,31)32)13-4-10(21(27,28)29)5-14(23)17(13)24/h2-5,11H,6-8H2,1H3,(H,34,36)/t20-/m0/s1.